The van der Waals surface area contributed by atoms with Crippen LogP contribution in [0, 0.1) is 5.92 Å². The van der Waals surface area contributed by atoms with Gasteiger partial charge in [0.05, 0.1) is 6.61 Å². The summed E-state index contributed by atoms with van der Waals surface area (Å²) in [6.45, 7) is 3.19. The van der Waals surface area contributed by atoms with Crippen LogP contribution in [0.1, 0.15) is 12.0 Å². The van der Waals surface area contributed by atoms with E-state index in [1.807, 2.05) is 0 Å². The summed E-state index contributed by atoms with van der Waals surface area (Å²) in [6.07, 6.45) is 2.36. The molecule has 1 heterocycles. The molecule has 0 saturated carbocycles. The lowest BCUT2D eigenvalue weighted by Gasteiger charge is -2.36. The second-order valence-electron chi connectivity index (χ2n) is 5.39. The minimum Gasteiger partial charge on any atom is -0.395 e. The Morgan fingerprint density at radius 1 is 1.28 bits per heavy atom. The van der Waals surface area contributed by atoms with Gasteiger partial charge in [0.15, 0.2) is 0 Å². The molecule has 2 unspecified atom stereocenters. The molecule has 2 atom stereocenters. The second-order valence-corrected chi connectivity index (χ2v) is 5.39. The summed E-state index contributed by atoms with van der Waals surface area (Å²) < 4.78 is 0. The Hall–Kier alpha value is -0.900. The predicted molar refractivity (Wildman–Crippen MR) is 74.6 cm³/mol. The summed E-state index contributed by atoms with van der Waals surface area (Å²) in [5, 5.41) is 12.3. The summed E-state index contributed by atoms with van der Waals surface area (Å²) in [5.41, 5.74) is 1.43. The number of nitrogens with one attached hydrogen (secondary N) is 1. The van der Waals surface area contributed by atoms with Gasteiger partial charge in [0, 0.05) is 25.7 Å². The molecule has 0 spiro atoms. The van der Waals surface area contributed by atoms with Crippen LogP contribution in [0.2, 0.25) is 0 Å². The number of hydrogen-bond donors (Lipinski definition) is 2. The zero-order valence-corrected chi connectivity index (χ0v) is 11.2. The van der Waals surface area contributed by atoms with Crippen molar-refractivity contribution in [1.82, 2.24) is 10.2 Å². The maximum Gasteiger partial charge on any atom is 0.0556 e. The Balaban J connectivity index is 1.88. The van der Waals surface area contributed by atoms with Gasteiger partial charge in [-0.15, -0.1) is 0 Å². The van der Waals surface area contributed by atoms with Crippen LogP contribution in [0.25, 0.3) is 0 Å². The first-order chi connectivity index (χ1) is 8.78. The summed E-state index contributed by atoms with van der Waals surface area (Å²) in [4.78, 5) is 2.39. The number of hydrogen-bond acceptors (Lipinski definition) is 3. The lowest BCUT2D eigenvalue weighted by atomic mass is 9.89. The van der Waals surface area contributed by atoms with Crippen molar-refractivity contribution in [2.24, 2.45) is 5.92 Å². The minimum atomic E-state index is 0.226. The Kier molecular flexibility index (Phi) is 5.17. The number of aliphatic hydroxyl groups is 1. The van der Waals surface area contributed by atoms with Crippen LogP contribution in [-0.2, 0) is 6.42 Å². The summed E-state index contributed by atoms with van der Waals surface area (Å²) in [5.74, 6) is 0.711. The van der Waals surface area contributed by atoms with Crippen molar-refractivity contribution in [3.05, 3.63) is 35.9 Å². The highest BCUT2D eigenvalue weighted by atomic mass is 16.3. The van der Waals surface area contributed by atoms with Gasteiger partial charge in [-0.2, -0.15) is 0 Å². The number of benzene rings is 1. The van der Waals surface area contributed by atoms with Crippen LogP contribution in [-0.4, -0.2) is 49.3 Å². The van der Waals surface area contributed by atoms with E-state index in [2.05, 4.69) is 47.6 Å². The monoisotopic (exact) mass is 248 g/mol. The normalized spacial score (nSPS) is 25.2. The average molecular weight is 248 g/mol. The van der Waals surface area contributed by atoms with E-state index >= 15 is 0 Å². The number of aliphatic hydroxyl groups excluding tert-OH is 1. The van der Waals surface area contributed by atoms with Gasteiger partial charge in [0.2, 0.25) is 0 Å². The average Bonchev–Trinajstić information content (AvgIpc) is 2.37. The van der Waals surface area contributed by atoms with Gasteiger partial charge >= 0.3 is 0 Å². The Bertz CT molecular complexity index is 342. The first kappa shape index (κ1) is 13.5. The molecule has 3 heteroatoms. The molecule has 0 radical (unpaired) electrons. The van der Waals surface area contributed by atoms with Crippen LogP contribution >= 0.6 is 0 Å². The fraction of sp³-hybridized carbons (Fsp3) is 0.600. The van der Waals surface area contributed by atoms with E-state index in [-0.39, 0.29) is 6.61 Å². The van der Waals surface area contributed by atoms with E-state index < -0.39 is 0 Å². The molecule has 0 aliphatic carbocycles. The van der Waals surface area contributed by atoms with Gasteiger partial charge in [-0.25, -0.2) is 0 Å². The highest BCUT2D eigenvalue weighted by Gasteiger charge is 2.24. The lowest BCUT2D eigenvalue weighted by Crippen LogP contribution is -2.48. The molecule has 1 aromatic carbocycles. The van der Waals surface area contributed by atoms with Crippen LogP contribution in [0.5, 0.6) is 0 Å². The van der Waals surface area contributed by atoms with Gasteiger partial charge in [-0.05, 0) is 31.4 Å². The summed E-state index contributed by atoms with van der Waals surface area (Å²) >= 11 is 0. The first-order valence-corrected chi connectivity index (χ1v) is 6.84. The third-order valence-electron chi connectivity index (χ3n) is 3.63. The predicted octanol–water partition coefficient (Wildman–Crippen LogP) is 1.13. The van der Waals surface area contributed by atoms with E-state index in [4.69, 9.17) is 5.11 Å². The Morgan fingerprint density at radius 3 is 2.78 bits per heavy atom. The molecule has 1 aliphatic heterocycles. The zero-order chi connectivity index (χ0) is 12.8. The molecule has 0 bridgehead atoms. The molecule has 1 saturated heterocycles. The molecule has 18 heavy (non-hydrogen) atoms. The van der Waals surface area contributed by atoms with Gasteiger partial charge in [0.1, 0.15) is 0 Å². The molecular formula is C15H24N2O. The third-order valence-corrected chi connectivity index (χ3v) is 3.63. The summed E-state index contributed by atoms with van der Waals surface area (Å²) in [7, 11) is 2.19. The molecule has 1 fully saturated rings. The largest absolute Gasteiger partial charge is 0.395 e. The molecular weight excluding hydrogens is 224 g/mol. The van der Waals surface area contributed by atoms with Crippen molar-refractivity contribution in [2.45, 2.75) is 18.9 Å². The highest BCUT2D eigenvalue weighted by molar-refractivity contribution is 5.15. The molecule has 1 aromatic rings. The lowest BCUT2D eigenvalue weighted by molar-refractivity contribution is 0.163. The second kappa shape index (κ2) is 6.88. The van der Waals surface area contributed by atoms with Crippen LogP contribution < -0.4 is 5.32 Å². The molecule has 3 nitrogen and oxygen atoms in total. The van der Waals surface area contributed by atoms with E-state index in [0.29, 0.717) is 18.5 Å². The molecule has 100 valence electrons. The maximum atomic E-state index is 8.89. The van der Waals surface area contributed by atoms with E-state index in [0.717, 1.165) is 13.0 Å². The molecule has 2 N–H and O–H groups in total. The van der Waals surface area contributed by atoms with Crippen molar-refractivity contribution in [3.63, 3.8) is 0 Å². The molecule has 0 aromatic heterocycles. The number of rotatable bonds is 5. The highest BCUT2D eigenvalue weighted by Crippen LogP contribution is 2.20. The zero-order valence-electron chi connectivity index (χ0n) is 11.2. The van der Waals surface area contributed by atoms with Gasteiger partial charge < -0.3 is 15.3 Å². The van der Waals surface area contributed by atoms with Crippen LogP contribution in [0.15, 0.2) is 30.3 Å². The molecule has 2 rings (SSSR count). The van der Waals surface area contributed by atoms with Crippen molar-refractivity contribution >= 4 is 0 Å². The minimum absolute atomic E-state index is 0.226. The van der Waals surface area contributed by atoms with Crippen molar-refractivity contribution < 1.29 is 5.11 Å². The molecule has 0 amide bonds. The van der Waals surface area contributed by atoms with Crippen molar-refractivity contribution in [3.8, 4) is 0 Å². The van der Waals surface area contributed by atoms with Crippen LogP contribution in [0.4, 0.5) is 0 Å². The standard InChI is InChI=1S/C15H24N2O/c1-17-11-14(9-13-5-3-2-4-6-13)10-15(12-17)16-7-8-18/h2-6,14-16,18H,7-12H2,1H3. The van der Waals surface area contributed by atoms with Crippen molar-refractivity contribution in [2.75, 3.05) is 33.3 Å². The third kappa shape index (κ3) is 4.09. The molecule has 1 aliphatic rings. The van der Waals surface area contributed by atoms with E-state index in [9.17, 15) is 0 Å². The van der Waals surface area contributed by atoms with Gasteiger partial charge in [-0.1, -0.05) is 30.3 Å². The maximum absolute atomic E-state index is 8.89. The van der Waals surface area contributed by atoms with E-state index in [1.54, 1.807) is 0 Å². The quantitative estimate of drug-likeness (QED) is 0.820. The number of likely N-dealkylation sites (N-methyl/N-ethyl adjacent to an activating group) is 1. The Labute approximate surface area is 110 Å². The van der Waals surface area contributed by atoms with E-state index in [1.165, 1.54) is 18.5 Å². The SMILES string of the molecule is CN1CC(Cc2ccccc2)CC(NCCO)C1. The van der Waals surface area contributed by atoms with Crippen LogP contribution in [0.3, 0.4) is 0 Å². The summed E-state index contributed by atoms with van der Waals surface area (Å²) in [6, 6.07) is 11.2. The van der Waals surface area contributed by atoms with Gasteiger partial charge in [-0.3, -0.25) is 0 Å². The number of piperidine rings is 1. The fourth-order valence-corrected chi connectivity index (χ4v) is 2.95. The number of likely N-dealkylation sites (tertiary alicyclic amines) is 1. The topological polar surface area (TPSA) is 35.5 Å². The Morgan fingerprint density at radius 2 is 2.06 bits per heavy atom. The van der Waals surface area contributed by atoms with Gasteiger partial charge in [0.25, 0.3) is 0 Å². The van der Waals surface area contributed by atoms with Crippen molar-refractivity contribution in [1.29, 1.82) is 0 Å². The smallest absolute Gasteiger partial charge is 0.0556 e. The number of nitrogens with zero attached hydrogens (tertiary/aromatic N) is 1. The fourth-order valence-electron chi connectivity index (χ4n) is 2.95. The first-order valence-electron chi connectivity index (χ1n) is 6.84.